The molecule has 0 aromatic carbocycles. The summed E-state index contributed by atoms with van der Waals surface area (Å²) >= 11 is 5.90. The summed E-state index contributed by atoms with van der Waals surface area (Å²) in [7, 11) is 0. The average Bonchev–Trinajstić information content (AvgIpc) is 2.49. The van der Waals surface area contributed by atoms with Crippen molar-refractivity contribution in [2.45, 2.75) is 13.3 Å². The minimum atomic E-state index is 0.0887. The zero-order chi connectivity index (χ0) is 10.1. The maximum atomic E-state index is 11.0. The Balaban J connectivity index is 2.61. The van der Waals surface area contributed by atoms with Gasteiger partial charge in [-0.05, 0) is 12.5 Å². The Bertz CT molecular complexity index is 492. The molecular weight excluding hydrogens is 202 g/mol. The fraction of sp³-hybridized carbons (Fsp3) is 0.222. The Morgan fingerprint density at radius 1 is 1.57 bits per heavy atom. The third kappa shape index (κ3) is 1.48. The summed E-state index contributed by atoms with van der Waals surface area (Å²) in [6.45, 7) is 1.54. The van der Waals surface area contributed by atoms with E-state index in [1.165, 1.54) is 13.3 Å². The zero-order valence-corrected chi connectivity index (χ0v) is 8.30. The number of carbonyl (C=O) groups excluding carboxylic acids is 1. The van der Waals surface area contributed by atoms with E-state index < -0.39 is 0 Å². The van der Waals surface area contributed by atoms with Crippen LogP contribution in [-0.4, -0.2) is 20.7 Å². The van der Waals surface area contributed by atoms with E-state index in [2.05, 4.69) is 15.0 Å². The number of nitrogens with one attached hydrogen (secondary N) is 1. The van der Waals surface area contributed by atoms with Crippen LogP contribution in [0.15, 0.2) is 12.5 Å². The van der Waals surface area contributed by atoms with Crippen LogP contribution in [0.5, 0.6) is 0 Å². The van der Waals surface area contributed by atoms with Gasteiger partial charge in [-0.2, -0.15) is 0 Å². The molecule has 0 saturated carbocycles. The maximum Gasteiger partial charge on any atom is 0.142 e. The Morgan fingerprint density at radius 2 is 2.36 bits per heavy atom. The van der Waals surface area contributed by atoms with Crippen LogP contribution in [0.2, 0.25) is 5.15 Å². The Kier molecular flexibility index (Phi) is 2.21. The number of H-pyrrole nitrogens is 1. The summed E-state index contributed by atoms with van der Waals surface area (Å²) in [4.78, 5) is 21.8. The first kappa shape index (κ1) is 9.15. The van der Waals surface area contributed by atoms with Crippen LogP contribution in [-0.2, 0) is 11.2 Å². The summed E-state index contributed by atoms with van der Waals surface area (Å²) < 4.78 is 0. The standard InChI is InChI=1S/C9H8ClN3O/c1-5(14)2-6-3-11-9-7(6)8(10)12-4-13-9/h3-4H,2H2,1H3,(H,11,12,13). The van der Waals surface area contributed by atoms with Gasteiger partial charge in [0.2, 0.25) is 0 Å². The van der Waals surface area contributed by atoms with Crippen molar-refractivity contribution in [2.24, 2.45) is 0 Å². The van der Waals surface area contributed by atoms with E-state index in [0.717, 1.165) is 10.9 Å². The molecule has 0 unspecified atom stereocenters. The van der Waals surface area contributed by atoms with E-state index in [0.29, 0.717) is 17.2 Å². The number of ketones is 1. The Morgan fingerprint density at radius 3 is 3.07 bits per heavy atom. The molecule has 0 bridgehead atoms. The Hall–Kier alpha value is -1.42. The second-order valence-corrected chi connectivity index (χ2v) is 3.44. The third-order valence-corrected chi connectivity index (χ3v) is 2.23. The molecule has 0 atom stereocenters. The van der Waals surface area contributed by atoms with Crippen molar-refractivity contribution in [3.8, 4) is 0 Å². The number of halogens is 1. The monoisotopic (exact) mass is 209 g/mol. The third-order valence-electron chi connectivity index (χ3n) is 1.94. The molecule has 2 rings (SSSR count). The predicted octanol–water partition coefficient (Wildman–Crippen LogP) is 1.74. The van der Waals surface area contributed by atoms with E-state index in [1.54, 1.807) is 6.20 Å². The highest BCUT2D eigenvalue weighted by Crippen LogP contribution is 2.23. The van der Waals surface area contributed by atoms with Crippen molar-refractivity contribution >= 4 is 28.4 Å². The highest BCUT2D eigenvalue weighted by atomic mass is 35.5. The van der Waals surface area contributed by atoms with Crippen LogP contribution < -0.4 is 0 Å². The molecular formula is C9H8ClN3O. The van der Waals surface area contributed by atoms with Gasteiger partial charge in [-0.15, -0.1) is 0 Å². The average molecular weight is 210 g/mol. The van der Waals surface area contributed by atoms with Gasteiger partial charge in [0.05, 0.1) is 5.39 Å². The molecule has 0 spiro atoms. The van der Waals surface area contributed by atoms with Crippen LogP contribution in [0, 0.1) is 0 Å². The van der Waals surface area contributed by atoms with Gasteiger partial charge in [-0.25, -0.2) is 9.97 Å². The van der Waals surface area contributed by atoms with E-state index in [1.807, 2.05) is 0 Å². The smallest absolute Gasteiger partial charge is 0.142 e. The van der Waals surface area contributed by atoms with Crippen LogP contribution in [0.3, 0.4) is 0 Å². The fourth-order valence-electron chi connectivity index (χ4n) is 1.39. The molecule has 0 aliphatic heterocycles. The molecule has 0 aliphatic rings. The van der Waals surface area contributed by atoms with Gasteiger partial charge in [-0.1, -0.05) is 11.6 Å². The summed E-state index contributed by atoms with van der Waals surface area (Å²) in [5.41, 5.74) is 1.51. The lowest BCUT2D eigenvalue weighted by Gasteiger charge is -1.95. The van der Waals surface area contributed by atoms with Crippen LogP contribution in [0.4, 0.5) is 0 Å². The summed E-state index contributed by atoms with van der Waals surface area (Å²) in [5, 5.41) is 1.12. The van der Waals surface area contributed by atoms with Gasteiger partial charge in [0.15, 0.2) is 0 Å². The van der Waals surface area contributed by atoms with Crippen molar-refractivity contribution in [3.63, 3.8) is 0 Å². The second kappa shape index (κ2) is 3.38. The SMILES string of the molecule is CC(=O)Cc1c[nH]c2ncnc(Cl)c12. The highest BCUT2D eigenvalue weighted by Gasteiger charge is 2.10. The first-order valence-corrected chi connectivity index (χ1v) is 4.52. The zero-order valence-electron chi connectivity index (χ0n) is 7.54. The van der Waals surface area contributed by atoms with Gasteiger partial charge in [0, 0.05) is 12.6 Å². The molecule has 1 N–H and O–H groups in total. The number of carbonyl (C=O) groups is 1. The number of fused-ring (bicyclic) bond motifs is 1. The molecule has 2 aromatic heterocycles. The van der Waals surface area contributed by atoms with Crippen molar-refractivity contribution in [1.82, 2.24) is 15.0 Å². The van der Waals surface area contributed by atoms with E-state index in [4.69, 9.17) is 11.6 Å². The molecule has 4 nitrogen and oxygen atoms in total. The number of hydrogen-bond acceptors (Lipinski definition) is 3. The summed E-state index contributed by atoms with van der Waals surface area (Å²) in [6, 6.07) is 0. The molecule has 2 heterocycles. The predicted molar refractivity (Wildman–Crippen MR) is 53.3 cm³/mol. The second-order valence-electron chi connectivity index (χ2n) is 3.08. The van der Waals surface area contributed by atoms with Gasteiger partial charge >= 0.3 is 0 Å². The fourth-order valence-corrected chi connectivity index (χ4v) is 1.65. The number of aromatic amines is 1. The van der Waals surface area contributed by atoms with Crippen LogP contribution in [0.1, 0.15) is 12.5 Å². The summed E-state index contributed by atoms with van der Waals surface area (Å²) in [5.74, 6) is 0.0887. The number of aromatic nitrogens is 3. The first-order valence-electron chi connectivity index (χ1n) is 4.14. The lowest BCUT2D eigenvalue weighted by molar-refractivity contribution is -0.116. The minimum Gasteiger partial charge on any atom is -0.346 e. The highest BCUT2D eigenvalue weighted by molar-refractivity contribution is 6.34. The van der Waals surface area contributed by atoms with Gasteiger partial charge in [0.25, 0.3) is 0 Å². The van der Waals surface area contributed by atoms with Crippen LogP contribution in [0.25, 0.3) is 11.0 Å². The number of hydrogen-bond donors (Lipinski definition) is 1. The van der Waals surface area contributed by atoms with Gasteiger partial charge in [0.1, 0.15) is 22.9 Å². The van der Waals surface area contributed by atoms with E-state index in [-0.39, 0.29) is 5.78 Å². The lowest BCUT2D eigenvalue weighted by Crippen LogP contribution is -1.95. The molecule has 0 amide bonds. The number of nitrogens with zero attached hydrogens (tertiary/aromatic N) is 2. The largest absolute Gasteiger partial charge is 0.346 e. The molecule has 0 fully saturated rings. The van der Waals surface area contributed by atoms with Crippen molar-refractivity contribution in [2.75, 3.05) is 0 Å². The number of Topliss-reactive ketones (excluding diaryl/α,β-unsaturated/α-hetero) is 1. The normalized spacial score (nSPS) is 10.7. The number of rotatable bonds is 2. The van der Waals surface area contributed by atoms with Gasteiger partial charge in [-0.3, -0.25) is 4.79 Å². The van der Waals surface area contributed by atoms with Crippen LogP contribution >= 0.6 is 11.6 Å². The van der Waals surface area contributed by atoms with Crippen molar-refractivity contribution in [3.05, 3.63) is 23.2 Å². The Labute approximate surface area is 85.3 Å². The summed E-state index contributed by atoms with van der Waals surface area (Å²) in [6.07, 6.45) is 3.48. The molecule has 0 saturated heterocycles. The first-order chi connectivity index (χ1) is 6.68. The van der Waals surface area contributed by atoms with E-state index >= 15 is 0 Å². The minimum absolute atomic E-state index is 0.0887. The maximum absolute atomic E-state index is 11.0. The van der Waals surface area contributed by atoms with Gasteiger partial charge < -0.3 is 4.98 Å². The van der Waals surface area contributed by atoms with Crippen molar-refractivity contribution < 1.29 is 4.79 Å². The molecule has 2 aromatic rings. The lowest BCUT2D eigenvalue weighted by atomic mass is 10.1. The molecule has 72 valence electrons. The van der Waals surface area contributed by atoms with E-state index in [9.17, 15) is 4.79 Å². The topological polar surface area (TPSA) is 58.6 Å². The van der Waals surface area contributed by atoms with Crippen molar-refractivity contribution in [1.29, 1.82) is 0 Å². The quantitative estimate of drug-likeness (QED) is 0.767. The molecule has 14 heavy (non-hydrogen) atoms. The molecule has 0 aliphatic carbocycles. The molecule has 5 heteroatoms. The molecule has 0 radical (unpaired) electrons.